The summed E-state index contributed by atoms with van der Waals surface area (Å²) in [5.41, 5.74) is 0. The highest BCUT2D eigenvalue weighted by molar-refractivity contribution is 5.76. The minimum Gasteiger partial charge on any atom is -0.342 e. The van der Waals surface area contributed by atoms with Gasteiger partial charge in [-0.2, -0.15) is 0 Å². The van der Waals surface area contributed by atoms with Gasteiger partial charge in [-0.3, -0.25) is 4.79 Å². The number of amides is 1. The largest absolute Gasteiger partial charge is 0.342 e. The van der Waals surface area contributed by atoms with Gasteiger partial charge in [-0.25, -0.2) is 0 Å². The van der Waals surface area contributed by atoms with Crippen LogP contribution in [-0.4, -0.2) is 23.9 Å². The second kappa shape index (κ2) is 5.38. The summed E-state index contributed by atoms with van der Waals surface area (Å²) < 4.78 is 0. The fourth-order valence-corrected chi connectivity index (χ4v) is 2.14. The van der Waals surface area contributed by atoms with Gasteiger partial charge < -0.3 is 4.90 Å². The highest BCUT2D eigenvalue weighted by Crippen LogP contribution is 2.21. The lowest BCUT2D eigenvalue weighted by Gasteiger charge is -2.22. The normalized spacial score (nSPS) is 24.1. The summed E-state index contributed by atoms with van der Waals surface area (Å²) in [5, 5.41) is 0. The van der Waals surface area contributed by atoms with E-state index in [0.29, 0.717) is 11.8 Å². The van der Waals surface area contributed by atoms with Crippen molar-refractivity contribution in [1.29, 1.82) is 0 Å². The first-order valence-corrected chi connectivity index (χ1v) is 5.91. The van der Waals surface area contributed by atoms with Crippen LogP contribution in [0.1, 0.15) is 46.5 Å². The van der Waals surface area contributed by atoms with Crippen LogP contribution in [0.3, 0.4) is 0 Å². The first-order chi connectivity index (χ1) is 6.63. The molecule has 0 radical (unpaired) electrons. The Morgan fingerprint density at radius 2 is 2.14 bits per heavy atom. The summed E-state index contributed by atoms with van der Waals surface area (Å²) in [7, 11) is 0. The van der Waals surface area contributed by atoms with Crippen LogP contribution >= 0.6 is 0 Å². The fourth-order valence-electron chi connectivity index (χ4n) is 2.14. The SMILES string of the molecule is CCC1CCC(=O)N(CC(C)C)CC1. The molecule has 14 heavy (non-hydrogen) atoms. The second-order valence-electron chi connectivity index (χ2n) is 4.84. The maximum Gasteiger partial charge on any atom is 0.222 e. The Balaban J connectivity index is 2.47. The molecule has 0 bridgehead atoms. The van der Waals surface area contributed by atoms with Crippen molar-refractivity contribution in [2.45, 2.75) is 46.5 Å². The monoisotopic (exact) mass is 197 g/mol. The summed E-state index contributed by atoms with van der Waals surface area (Å²) >= 11 is 0. The summed E-state index contributed by atoms with van der Waals surface area (Å²) in [6.07, 6.45) is 4.30. The third-order valence-corrected chi connectivity index (χ3v) is 3.09. The average molecular weight is 197 g/mol. The first-order valence-electron chi connectivity index (χ1n) is 5.91. The molecule has 1 aliphatic rings. The van der Waals surface area contributed by atoms with E-state index in [1.165, 1.54) is 12.8 Å². The van der Waals surface area contributed by atoms with Crippen molar-refractivity contribution in [2.75, 3.05) is 13.1 Å². The van der Waals surface area contributed by atoms with Crippen molar-refractivity contribution in [1.82, 2.24) is 4.90 Å². The molecule has 1 fully saturated rings. The van der Waals surface area contributed by atoms with Gasteiger partial charge >= 0.3 is 0 Å². The van der Waals surface area contributed by atoms with Crippen LogP contribution in [0, 0.1) is 11.8 Å². The minimum absolute atomic E-state index is 0.370. The molecular weight excluding hydrogens is 174 g/mol. The smallest absolute Gasteiger partial charge is 0.222 e. The Kier molecular flexibility index (Phi) is 4.43. The lowest BCUT2D eigenvalue weighted by molar-refractivity contribution is -0.131. The summed E-state index contributed by atoms with van der Waals surface area (Å²) in [6, 6.07) is 0. The van der Waals surface area contributed by atoms with E-state index >= 15 is 0 Å². The molecule has 2 heteroatoms. The van der Waals surface area contributed by atoms with Crippen LogP contribution in [0.2, 0.25) is 0 Å². The van der Waals surface area contributed by atoms with Crippen LogP contribution in [0.5, 0.6) is 0 Å². The molecule has 2 nitrogen and oxygen atoms in total. The van der Waals surface area contributed by atoms with E-state index in [1.54, 1.807) is 0 Å². The summed E-state index contributed by atoms with van der Waals surface area (Å²) in [6.45, 7) is 8.50. The Bertz CT molecular complexity index is 189. The Labute approximate surface area is 87.7 Å². The van der Waals surface area contributed by atoms with Gasteiger partial charge in [0.25, 0.3) is 0 Å². The number of hydrogen-bond donors (Lipinski definition) is 0. The third-order valence-electron chi connectivity index (χ3n) is 3.09. The average Bonchev–Trinajstić information content (AvgIpc) is 2.30. The van der Waals surface area contributed by atoms with Crippen molar-refractivity contribution in [3.63, 3.8) is 0 Å². The number of carbonyl (C=O) groups is 1. The van der Waals surface area contributed by atoms with Crippen molar-refractivity contribution < 1.29 is 4.79 Å². The molecule has 0 aromatic carbocycles. The summed E-state index contributed by atoms with van der Waals surface area (Å²) in [5.74, 6) is 1.74. The van der Waals surface area contributed by atoms with Crippen LogP contribution in [-0.2, 0) is 4.79 Å². The standard InChI is InChI=1S/C12H23NO/c1-4-11-5-6-12(14)13(8-7-11)9-10(2)3/h10-11H,4-9H2,1-3H3. The number of likely N-dealkylation sites (tertiary alicyclic amines) is 1. The Hall–Kier alpha value is -0.530. The topological polar surface area (TPSA) is 20.3 Å². The molecule has 1 heterocycles. The third kappa shape index (κ3) is 3.32. The molecule has 0 saturated carbocycles. The van der Waals surface area contributed by atoms with Gasteiger partial charge in [-0.05, 0) is 24.7 Å². The van der Waals surface area contributed by atoms with Crippen molar-refractivity contribution in [2.24, 2.45) is 11.8 Å². The van der Waals surface area contributed by atoms with Crippen LogP contribution < -0.4 is 0 Å². The van der Waals surface area contributed by atoms with E-state index in [4.69, 9.17) is 0 Å². The lowest BCUT2D eigenvalue weighted by Crippen LogP contribution is -2.33. The van der Waals surface area contributed by atoms with E-state index < -0.39 is 0 Å². The first kappa shape index (κ1) is 11.5. The van der Waals surface area contributed by atoms with Gasteiger partial charge in [0.1, 0.15) is 0 Å². The van der Waals surface area contributed by atoms with Gasteiger partial charge in [0.15, 0.2) is 0 Å². The van der Waals surface area contributed by atoms with Crippen LogP contribution in [0.15, 0.2) is 0 Å². The molecule has 0 aromatic rings. The molecule has 82 valence electrons. The maximum atomic E-state index is 11.7. The highest BCUT2D eigenvalue weighted by atomic mass is 16.2. The van der Waals surface area contributed by atoms with E-state index in [2.05, 4.69) is 25.7 Å². The molecule has 0 aromatic heterocycles. The van der Waals surface area contributed by atoms with Crippen LogP contribution in [0.4, 0.5) is 0 Å². The van der Waals surface area contributed by atoms with Gasteiger partial charge in [-0.15, -0.1) is 0 Å². The highest BCUT2D eigenvalue weighted by Gasteiger charge is 2.21. The van der Waals surface area contributed by atoms with Gasteiger partial charge in [0, 0.05) is 19.5 Å². The van der Waals surface area contributed by atoms with Crippen LogP contribution in [0.25, 0.3) is 0 Å². The Morgan fingerprint density at radius 1 is 1.43 bits per heavy atom. The zero-order valence-corrected chi connectivity index (χ0v) is 9.75. The summed E-state index contributed by atoms with van der Waals surface area (Å²) in [4.78, 5) is 13.8. The Morgan fingerprint density at radius 3 is 2.71 bits per heavy atom. The van der Waals surface area contributed by atoms with Gasteiger partial charge in [0.2, 0.25) is 5.91 Å². The van der Waals surface area contributed by atoms with Crippen molar-refractivity contribution in [3.8, 4) is 0 Å². The molecule has 1 amide bonds. The predicted molar refractivity (Wildman–Crippen MR) is 59.1 cm³/mol. The number of hydrogen-bond acceptors (Lipinski definition) is 1. The van der Waals surface area contributed by atoms with E-state index in [0.717, 1.165) is 31.8 Å². The molecule has 1 rings (SSSR count). The number of nitrogens with zero attached hydrogens (tertiary/aromatic N) is 1. The zero-order chi connectivity index (χ0) is 10.6. The fraction of sp³-hybridized carbons (Fsp3) is 0.917. The van der Waals surface area contributed by atoms with E-state index in [9.17, 15) is 4.79 Å². The molecule has 1 unspecified atom stereocenters. The zero-order valence-electron chi connectivity index (χ0n) is 9.75. The molecule has 1 saturated heterocycles. The maximum absolute atomic E-state index is 11.7. The minimum atomic E-state index is 0.370. The van der Waals surface area contributed by atoms with E-state index in [1.807, 2.05) is 0 Å². The quantitative estimate of drug-likeness (QED) is 0.681. The predicted octanol–water partition coefficient (Wildman–Crippen LogP) is 2.68. The van der Waals surface area contributed by atoms with Gasteiger partial charge in [-0.1, -0.05) is 27.2 Å². The van der Waals surface area contributed by atoms with Crippen molar-refractivity contribution in [3.05, 3.63) is 0 Å². The lowest BCUT2D eigenvalue weighted by atomic mass is 9.98. The molecule has 1 aliphatic heterocycles. The molecule has 0 spiro atoms. The van der Waals surface area contributed by atoms with Gasteiger partial charge in [0.05, 0.1) is 0 Å². The second-order valence-corrected chi connectivity index (χ2v) is 4.84. The van der Waals surface area contributed by atoms with Crippen molar-refractivity contribution >= 4 is 5.91 Å². The molecule has 0 aliphatic carbocycles. The van der Waals surface area contributed by atoms with E-state index in [-0.39, 0.29) is 0 Å². The molecule has 1 atom stereocenters. The number of rotatable bonds is 3. The molecular formula is C12H23NO. The number of carbonyl (C=O) groups excluding carboxylic acids is 1. The molecule has 0 N–H and O–H groups in total.